The molecule has 1 N–H and O–H groups in total. The maximum Gasteiger partial charge on any atom is 0.172 e. The molecule has 2 heterocycles. The SMILES string of the molecule is CCCCC/C=C\C/C=C\CCCCCCCCOC(OCCCCCCCC/C=C\C/C=C\CCCCC)[C@H]1CCCN1.CCCCC/C=C\C/C=C\CCCCCCCCOC(OCCCCCCCC/C=C\C/C=C\CCCCC)[C@H]1CCCN1C. The number of nitrogens with zero attached hydrogens (tertiary/aromatic N) is 1. The minimum atomic E-state index is -0.0616. The zero-order chi connectivity index (χ0) is 63.7. The summed E-state index contributed by atoms with van der Waals surface area (Å²) >= 11 is 0. The molecule has 0 unspecified atom stereocenters. The first-order chi connectivity index (χ1) is 44.2. The van der Waals surface area contributed by atoms with Crippen molar-refractivity contribution in [2.75, 3.05) is 46.6 Å². The number of ether oxygens (including phenoxy) is 4. The summed E-state index contributed by atoms with van der Waals surface area (Å²) in [4.78, 5) is 2.45. The van der Waals surface area contributed by atoms with Crippen molar-refractivity contribution < 1.29 is 18.9 Å². The smallest absolute Gasteiger partial charge is 0.172 e. The van der Waals surface area contributed by atoms with Crippen molar-refractivity contribution in [1.82, 2.24) is 10.2 Å². The van der Waals surface area contributed by atoms with Crippen LogP contribution in [-0.2, 0) is 18.9 Å². The van der Waals surface area contributed by atoms with Crippen LogP contribution in [0.15, 0.2) is 97.2 Å². The Morgan fingerprint density at radius 1 is 0.303 bits per heavy atom. The van der Waals surface area contributed by atoms with E-state index in [9.17, 15) is 0 Å². The van der Waals surface area contributed by atoms with Gasteiger partial charge in [-0.25, -0.2) is 0 Å². The lowest BCUT2D eigenvalue weighted by Gasteiger charge is -2.29. The average molecular weight is 1240 g/mol. The number of nitrogens with one attached hydrogen (secondary N) is 1. The van der Waals surface area contributed by atoms with Crippen LogP contribution in [0.25, 0.3) is 0 Å². The molecule has 0 spiro atoms. The maximum absolute atomic E-state index is 6.36. The summed E-state index contributed by atoms with van der Waals surface area (Å²) in [5.41, 5.74) is 0. The van der Waals surface area contributed by atoms with Gasteiger partial charge in [0.05, 0.1) is 12.1 Å². The van der Waals surface area contributed by atoms with Gasteiger partial charge in [-0.3, -0.25) is 4.90 Å². The Balaban J connectivity index is 0.000000890. The summed E-state index contributed by atoms with van der Waals surface area (Å²) in [6.45, 7) is 14.7. The van der Waals surface area contributed by atoms with Crippen LogP contribution in [0.4, 0.5) is 0 Å². The van der Waals surface area contributed by atoms with Crippen LogP contribution < -0.4 is 5.32 Å². The fourth-order valence-corrected chi connectivity index (χ4v) is 11.9. The minimum absolute atomic E-state index is 0.0477. The summed E-state index contributed by atoms with van der Waals surface area (Å²) in [6, 6.07) is 0.809. The van der Waals surface area contributed by atoms with Gasteiger partial charge < -0.3 is 24.3 Å². The number of unbranched alkanes of at least 4 members (excludes halogenated alkanes) is 36. The topological polar surface area (TPSA) is 52.2 Å². The molecular formula is C83H152N2O4. The van der Waals surface area contributed by atoms with E-state index in [0.29, 0.717) is 12.1 Å². The second kappa shape index (κ2) is 73.1. The van der Waals surface area contributed by atoms with E-state index in [0.717, 1.165) is 84.3 Å². The highest BCUT2D eigenvalue weighted by molar-refractivity contribution is 4.95. The predicted octanol–water partition coefficient (Wildman–Crippen LogP) is 25.8. The van der Waals surface area contributed by atoms with E-state index in [2.05, 4.69) is 142 Å². The Labute approximate surface area is 556 Å². The van der Waals surface area contributed by atoms with Crippen molar-refractivity contribution in [3.8, 4) is 0 Å². The highest BCUT2D eigenvalue weighted by Gasteiger charge is 2.31. The van der Waals surface area contributed by atoms with Crippen LogP contribution in [0.5, 0.6) is 0 Å². The number of rotatable bonds is 66. The lowest BCUT2D eigenvalue weighted by Crippen LogP contribution is -2.40. The van der Waals surface area contributed by atoms with Crippen molar-refractivity contribution in [2.45, 2.75) is 386 Å². The first kappa shape index (κ1) is 84.7. The normalized spacial score (nSPS) is 16.1. The van der Waals surface area contributed by atoms with Crippen molar-refractivity contribution in [3.05, 3.63) is 97.2 Å². The molecule has 2 atom stereocenters. The standard InChI is InChI=1S/C42H77NO2.C41H75NO2/c1-4-6-8-10-12-14-16-18-20-22-24-26-28-30-32-34-39-44-42(41-37-36-38-43(41)3)45-40-35-33-31-29-27-25-23-21-19-17-15-13-11-9-7-5-2;1-3-5-7-9-11-13-15-17-19-21-23-25-27-29-31-33-38-43-41(40-36-35-37-42-40)44-39-34-32-30-28-26-24-22-20-18-16-14-12-10-8-6-4-2/h12-15,18-21,41-42H,4-11,16-17,22-40H2,1-3H3;11-14,17-20,40-42H,3-10,15-16,21-39H2,1-2H3/b14-12-,15-13-,20-18-,21-19-;13-11-,14-12-,19-17-,20-18-/t41-;40-/m11/s1. The molecule has 89 heavy (non-hydrogen) atoms. The van der Waals surface area contributed by atoms with Crippen molar-refractivity contribution in [3.63, 3.8) is 0 Å². The van der Waals surface area contributed by atoms with Crippen molar-refractivity contribution in [1.29, 1.82) is 0 Å². The van der Waals surface area contributed by atoms with Gasteiger partial charge in [-0.1, -0.05) is 279 Å². The fourth-order valence-electron chi connectivity index (χ4n) is 11.9. The predicted molar refractivity (Wildman–Crippen MR) is 395 cm³/mol. The van der Waals surface area contributed by atoms with E-state index in [-0.39, 0.29) is 12.6 Å². The van der Waals surface area contributed by atoms with E-state index < -0.39 is 0 Å². The first-order valence-electron chi connectivity index (χ1n) is 39.3. The molecule has 2 aliphatic heterocycles. The van der Waals surface area contributed by atoms with E-state index in [4.69, 9.17) is 18.9 Å². The van der Waals surface area contributed by atoms with Gasteiger partial charge in [0, 0.05) is 26.4 Å². The largest absolute Gasteiger partial charge is 0.351 e. The number of likely N-dealkylation sites (N-methyl/N-ethyl adjacent to an activating group) is 1. The molecule has 6 nitrogen and oxygen atoms in total. The van der Waals surface area contributed by atoms with Gasteiger partial charge in [0.1, 0.15) is 0 Å². The van der Waals surface area contributed by atoms with E-state index >= 15 is 0 Å². The molecule has 0 amide bonds. The molecule has 2 fully saturated rings. The molecular weight excluding hydrogens is 1090 g/mol. The molecule has 0 radical (unpaired) electrons. The van der Waals surface area contributed by atoms with Crippen molar-refractivity contribution in [2.24, 2.45) is 0 Å². The van der Waals surface area contributed by atoms with E-state index in [1.54, 1.807) is 0 Å². The molecule has 0 aromatic rings. The Morgan fingerprint density at radius 3 is 0.809 bits per heavy atom. The lowest BCUT2D eigenvalue weighted by atomic mass is 10.1. The third kappa shape index (κ3) is 61.6. The van der Waals surface area contributed by atoms with Gasteiger partial charge in [0.25, 0.3) is 0 Å². The van der Waals surface area contributed by atoms with Crippen molar-refractivity contribution >= 4 is 0 Å². The van der Waals surface area contributed by atoms with E-state index in [1.165, 1.54) is 289 Å². The van der Waals surface area contributed by atoms with Gasteiger partial charge >= 0.3 is 0 Å². The van der Waals surface area contributed by atoms with Gasteiger partial charge in [-0.2, -0.15) is 0 Å². The number of likely N-dealkylation sites (tertiary alicyclic amines) is 1. The molecule has 2 aliphatic rings. The van der Waals surface area contributed by atoms with Crippen LogP contribution in [0.2, 0.25) is 0 Å². The number of hydrogen-bond donors (Lipinski definition) is 1. The summed E-state index contributed by atoms with van der Waals surface area (Å²) in [5.74, 6) is 0. The van der Waals surface area contributed by atoms with Crippen LogP contribution >= 0.6 is 0 Å². The van der Waals surface area contributed by atoms with Crippen LogP contribution in [-0.4, -0.2) is 76.1 Å². The van der Waals surface area contributed by atoms with Crippen LogP contribution in [0.1, 0.15) is 362 Å². The van der Waals surface area contributed by atoms with Gasteiger partial charge in [-0.05, 0) is 200 Å². The molecule has 0 saturated carbocycles. The summed E-state index contributed by atoms with van der Waals surface area (Å²) < 4.78 is 25.2. The fraction of sp³-hybridized carbons (Fsp3) is 0.807. The molecule has 6 heteroatoms. The lowest BCUT2D eigenvalue weighted by molar-refractivity contribution is -0.172. The maximum atomic E-state index is 6.36. The first-order valence-corrected chi connectivity index (χ1v) is 39.3. The minimum Gasteiger partial charge on any atom is -0.351 e. The Morgan fingerprint density at radius 2 is 0.562 bits per heavy atom. The molecule has 0 bridgehead atoms. The number of allylic oxidation sites excluding steroid dienone is 16. The Bertz CT molecular complexity index is 1520. The molecule has 0 aliphatic carbocycles. The second-order valence-corrected chi connectivity index (χ2v) is 26.5. The highest BCUT2D eigenvalue weighted by Crippen LogP contribution is 2.23. The Hall–Kier alpha value is -2.32. The molecule has 0 aromatic heterocycles. The zero-order valence-electron chi connectivity index (χ0n) is 60.1. The average Bonchev–Trinajstić information content (AvgIpc) is 4.19. The monoisotopic (exact) mass is 1240 g/mol. The van der Waals surface area contributed by atoms with Gasteiger partial charge in [0.15, 0.2) is 12.6 Å². The van der Waals surface area contributed by atoms with Crippen LogP contribution in [0, 0.1) is 0 Å². The molecule has 2 saturated heterocycles. The highest BCUT2D eigenvalue weighted by atomic mass is 16.7. The van der Waals surface area contributed by atoms with E-state index in [1.807, 2.05) is 0 Å². The van der Waals surface area contributed by atoms with Gasteiger partial charge in [-0.15, -0.1) is 0 Å². The molecule has 518 valence electrons. The third-order valence-corrected chi connectivity index (χ3v) is 17.8. The quantitative estimate of drug-likeness (QED) is 0.0372. The zero-order valence-corrected chi connectivity index (χ0v) is 60.1. The molecule has 0 aromatic carbocycles. The van der Waals surface area contributed by atoms with Crippen LogP contribution in [0.3, 0.4) is 0 Å². The van der Waals surface area contributed by atoms with Gasteiger partial charge in [0.2, 0.25) is 0 Å². The molecule has 2 rings (SSSR count). The summed E-state index contributed by atoms with van der Waals surface area (Å²) in [7, 11) is 2.23. The third-order valence-electron chi connectivity index (χ3n) is 17.8. The number of hydrogen-bond acceptors (Lipinski definition) is 6. The summed E-state index contributed by atoms with van der Waals surface area (Å²) in [5, 5.41) is 3.60. The second-order valence-electron chi connectivity index (χ2n) is 26.5. The Kier molecular flexibility index (Phi) is 69.6. The summed E-state index contributed by atoms with van der Waals surface area (Å²) in [6.07, 6.45) is 104.